The van der Waals surface area contributed by atoms with Crippen molar-refractivity contribution in [3.63, 3.8) is 0 Å². The summed E-state index contributed by atoms with van der Waals surface area (Å²) in [5.74, 6) is -0.998. The molecule has 0 aliphatic carbocycles. The second-order valence-electron chi connectivity index (χ2n) is 5.28. The summed E-state index contributed by atoms with van der Waals surface area (Å²) in [4.78, 5) is 25.6. The third kappa shape index (κ3) is 3.86. The molecule has 6 nitrogen and oxygen atoms in total. The van der Waals surface area contributed by atoms with Crippen LogP contribution in [0.25, 0.3) is 0 Å². The normalized spacial score (nSPS) is 18.0. The topological polar surface area (TPSA) is 81.7 Å². The molecule has 3 N–H and O–H groups in total. The van der Waals surface area contributed by atoms with Crippen LogP contribution in [0.2, 0.25) is 5.02 Å². The zero-order chi connectivity index (χ0) is 15.5. The number of likely N-dealkylation sites (tertiary alicyclic amines) is 1. The first-order chi connectivity index (χ1) is 9.91. The van der Waals surface area contributed by atoms with Crippen molar-refractivity contribution < 1.29 is 14.7 Å². The number of benzene rings is 1. The third-order valence-electron chi connectivity index (χ3n) is 3.70. The average Bonchev–Trinajstić information content (AvgIpc) is 2.44. The Morgan fingerprint density at radius 1 is 1.24 bits per heavy atom. The number of aliphatic carboxylic acids is 1. The van der Waals surface area contributed by atoms with Crippen LogP contribution in [-0.2, 0) is 4.79 Å². The molecule has 1 saturated heterocycles. The molecule has 0 aromatic heterocycles. The number of amides is 2. The lowest BCUT2D eigenvalue weighted by Gasteiger charge is -2.37. The Labute approximate surface area is 128 Å². The van der Waals surface area contributed by atoms with Crippen molar-refractivity contribution in [2.24, 2.45) is 0 Å². The van der Waals surface area contributed by atoms with E-state index < -0.39 is 17.5 Å². The fourth-order valence-electron chi connectivity index (χ4n) is 2.31. The standard InChI is InChI=1S/C14H18ClN3O3/c1-18-8-6-14(7-9-18,12(19)20)17-13(21)16-11-4-2-10(15)3-5-11/h2-5H,6-9H2,1H3,(H,19,20)(H2,16,17,21). The lowest BCUT2D eigenvalue weighted by molar-refractivity contribution is -0.146. The molecule has 0 unspecified atom stereocenters. The SMILES string of the molecule is CN1CCC(NC(=O)Nc2ccc(Cl)cc2)(C(=O)O)CC1. The number of carbonyl (C=O) groups is 2. The van der Waals surface area contributed by atoms with Crippen molar-refractivity contribution in [2.75, 3.05) is 25.5 Å². The maximum absolute atomic E-state index is 12.0. The van der Waals surface area contributed by atoms with E-state index in [2.05, 4.69) is 10.6 Å². The number of hydrogen-bond acceptors (Lipinski definition) is 3. The molecular formula is C14H18ClN3O3. The molecule has 1 aliphatic heterocycles. The van der Waals surface area contributed by atoms with Crippen molar-refractivity contribution in [3.8, 4) is 0 Å². The molecule has 21 heavy (non-hydrogen) atoms. The van der Waals surface area contributed by atoms with E-state index in [1.807, 2.05) is 11.9 Å². The third-order valence-corrected chi connectivity index (χ3v) is 3.96. The molecule has 0 atom stereocenters. The van der Waals surface area contributed by atoms with E-state index >= 15 is 0 Å². The van der Waals surface area contributed by atoms with Crippen molar-refractivity contribution in [3.05, 3.63) is 29.3 Å². The Balaban J connectivity index is 2.02. The average molecular weight is 312 g/mol. The van der Waals surface area contributed by atoms with Crippen LogP contribution in [0, 0.1) is 0 Å². The lowest BCUT2D eigenvalue weighted by Crippen LogP contribution is -2.60. The van der Waals surface area contributed by atoms with Crippen molar-refractivity contribution >= 4 is 29.3 Å². The molecule has 0 saturated carbocycles. The van der Waals surface area contributed by atoms with E-state index in [1.165, 1.54) is 0 Å². The van der Waals surface area contributed by atoms with Gasteiger partial charge in [-0.25, -0.2) is 9.59 Å². The summed E-state index contributed by atoms with van der Waals surface area (Å²) < 4.78 is 0. The van der Waals surface area contributed by atoms with E-state index in [-0.39, 0.29) is 0 Å². The minimum Gasteiger partial charge on any atom is -0.480 e. The first-order valence-electron chi connectivity index (χ1n) is 6.68. The van der Waals surface area contributed by atoms with Gasteiger partial charge in [-0.2, -0.15) is 0 Å². The van der Waals surface area contributed by atoms with Crippen LogP contribution >= 0.6 is 11.6 Å². The molecule has 0 bridgehead atoms. The number of piperidine rings is 1. The molecule has 1 fully saturated rings. The highest BCUT2D eigenvalue weighted by Crippen LogP contribution is 2.22. The first-order valence-corrected chi connectivity index (χ1v) is 7.06. The number of rotatable bonds is 3. The number of carbonyl (C=O) groups excluding carboxylic acids is 1. The molecule has 0 radical (unpaired) electrons. The molecule has 1 heterocycles. The molecule has 1 aromatic rings. The number of carboxylic acid groups (broad SMARTS) is 1. The quantitative estimate of drug-likeness (QED) is 0.797. The summed E-state index contributed by atoms with van der Waals surface area (Å²) in [6.45, 7) is 1.26. The maximum atomic E-state index is 12.0. The molecule has 1 aliphatic rings. The van der Waals surface area contributed by atoms with Gasteiger partial charge in [-0.3, -0.25) is 0 Å². The Morgan fingerprint density at radius 3 is 2.33 bits per heavy atom. The summed E-state index contributed by atoms with van der Waals surface area (Å²) in [5, 5.41) is 15.2. The van der Waals surface area contributed by atoms with Crippen molar-refractivity contribution in [1.29, 1.82) is 0 Å². The fraction of sp³-hybridized carbons (Fsp3) is 0.429. The zero-order valence-corrected chi connectivity index (χ0v) is 12.5. The second-order valence-corrected chi connectivity index (χ2v) is 5.71. The van der Waals surface area contributed by atoms with Gasteiger partial charge in [0.05, 0.1) is 0 Å². The van der Waals surface area contributed by atoms with Gasteiger partial charge < -0.3 is 20.6 Å². The number of nitrogens with zero attached hydrogens (tertiary/aromatic N) is 1. The summed E-state index contributed by atoms with van der Waals surface area (Å²) in [5.41, 5.74) is -0.645. The van der Waals surface area contributed by atoms with Crippen molar-refractivity contribution in [1.82, 2.24) is 10.2 Å². The van der Waals surface area contributed by atoms with Crippen LogP contribution in [0.3, 0.4) is 0 Å². The lowest BCUT2D eigenvalue weighted by atomic mass is 9.88. The van der Waals surface area contributed by atoms with Gasteiger partial charge >= 0.3 is 12.0 Å². The van der Waals surface area contributed by atoms with E-state index in [4.69, 9.17) is 11.6 Å². The highest BCUT2D eigenvalue weighted by atomic mass is 35.5. The molecule has 7 heteroatoms. The summed E-state index contributed by atoms with van der Waals surface area (Å²) in [6, 6.07) is 6.09. The van der Waals surface area contributed by atoms with Gasteiger partial charge in [0.1, 0.15) is 5.54 Å². The Morgan fingerprint density at radius 2 is 1.81 bits per heavy atom. The van der Waals surface area contributed by atoms with Crippen LogP contribution in [0.1, 0.15) is 12.8 Å². The maximum Gasteiger partial charge on any atom is 0.329 e. The Hall–Kier alpha value is -1.79. The number of urea groups is 1. The zero-order valence-electron chi connectivity index (χ0n) is 11.7. The van der Waals surface area contributed by atoms with Gasteiger partial charge in [0.25, 0.3) is 0 Å². The van der Waals surface area contributed by atoms with Crippen LogP contribution in [-0.4, -0.2) is 47.7 Å². The smallest absolute Gasteiger partial charge is 0.329 e. The van der Waals surface area contributed by atoms with Gasteiger partial charge in [0.2, 0.25) is 0 Å². The summed E-state index contributed by atoms with van der Waals surface area (Å²) >= 11 is 5.77. The van der Waals surface area contributed by atoms with Gasteiger partial charge in [-0.05, 0) is 44.2 Å². The van der Waals surface area contributed by atoms with Crippen LogP contribution < -0.4 is 10.6 Å². The molecular weight excluding hydrogens is 294 g/mol. The van der Waals surface area contributed by atoms with E-state index in [0.717, 1.165) is 0 Å². The van der Waals surface area contributed by atoms with Gasteiger partial charge in [-0.15, -0.1) is 0 Å². The summed E-state index contributed by atoms with van der Waals surface area (Å²) in [7, 11) is 1.93. The Bertz CT molecular complexity index is 525. The van der Waals surface area contributed by atoms with Crippen molar-refractivity contribution in [2.45, 2.75) is 18.4 Å². The van der Waals surface area contributed by atoms with Crippen LogP contribution in [0.15, 0.2) is 24.3 Å². The van der Waals surface area contributed by atoms with Gasteiger partial charge in [0.15, 0.2) is 0 Å². The fourth-order valence-corrected chi connectivity index (χ4v) is 2.43. The summed E-state index contributed by atoms with van der Waals surface area (Å²) in [6.07, 6.45) is 0.764. The highest BCUT2D eigenvalue weighted by Gasteiger charge is 2.42. The monoisotopic (exact) mass is 311 g/mol. The van der Waals surface area contributed by atoms with Gasteiger partial charge in [-0.1, -0.05) is 11.6 Å². The first kappa shape index (κ1) is 15.6. The number of carboxylic acids is 1. The molecule has 1 aromatic carbocycles. The molecule has 0 spiro atoms. The van der Waals surface area contributed by atoms with Crippen LogP contribution in [0.5, 0.6) is 0 Å². The molecule has 114 valence electrons. The minimum absolute atomic E-state index is 0.382. The molecule has 2 amide bonds. The molecule has 2 rings (SSSR count). The van der Waals surface area contributed by atoms with E-state index in [0.29, 0.717) is 36.6 Å². The number of hydrogen-bond donors (Lipinski definition) is 3. The highest BCUT2D eigenvalue weighted by molar-refractivity contribution is 6.30. The largest absolute Gasteiger partial charge is 0.480 e. The van der Waals surface area contributed by atoms with Crippen LogP contribution in [0.4, 0.5) is 10.5 Å². The predicted molar refractivity (Wildman–Crippen MR) is 80.7 cm³/mol. The van der Waals surface area contributed by atoms with Gasteiger partial charge in [0, 0.05) is 23.8 Å². The minimum atomic E-state index is -1.21. The number of nitrogens with one attached hydrogen (secondary N) is 2. The number of anilines is 1. The second kappa shape index (κ2) is 6.32. The Kier molecular flexibility index (Phi) is 4.69. The number of halogens is 1. The van der Waals surface area contributed by atoms with E-state index in [9.17, 15) is 14.7 Å². The van der Waals surface area contributed by atoms with E-state index in [1.54, 1.807) is 24.3 Å². The predicted octanol–water partition coefficient (Wildman–Crippen LogP) is 2.01.